The Kier molecular flexibility index (Phi) is 6.68. The van der Waals surface area contributed by atoms with Crippen LogP contribution in [0.25, 0.3) is 0 Å². The lowest BCUT2D eigenvalue weighted by molar-refractivity contribution is -0.0328. The van der Waals surface area contributed by atoms with Crippen LogP contribution in [0, 0.1) is 0 Å². The van der Waals surface area contributed by atoms with Crippen LogP contribution in [-0.4, -0.2) is 24.8 Å². The minimum Gasteiger partial charge on any atom is -0.380 e. The summed E-state index contributed by atoms with van der Waals surface area (Å²) in [5.74, 6) is 0. The monoisotopic (exact) mass is 293 g/mol. The van der Waals surface area contributed by atoms with Gasteiger partial charge in [0.15, 0.2) is 0 Å². The van der Waals surface area contributed by atoms with E-state index >= 15 is 0 Å². The highest BCUT2D eigenvalue weighted by Gasteiger charge is 2.28. The van der Waals surface area contributed by atoms with Crippen molar-refractivity contribution in [2.24, 2.45) is 0 Å². The van der Waals surface area contributed by atoms with Gasteiger partial charge in [0.1, 0.15) is 0 Å². The van der Waals surface area contributed by atoms with Gasteiger partial charge in [0, 0.05) is 24.1 Å². The maximum absolute atomic E-state index is 12.2. The highest BCUT2D eigenvalue weighted by atomic mass is 32.2. The standard InChI is InChI=1S/C13H18F3NOS/c1-3-18-9-10(2)17-8-11-4-6-12(7-5-11)19-13(14,15)16/h4-7,10,17H,3,8-9H2,1-2H3. The Hall–Kier alpha value is -0.720. The van der Waals surface area contributed by atoms with Crippen LogP contribution in [0.2, 0.25) is 0 Å². The van der Waals surface area contributed by atoms with Crippen LogP contribution in [0.15, 0.2) is 29.2 Å². The van der Waals surface area contributed by atoms with Gasteiger partial charge in [0.25, 0.3) is 0 Å². The summed E-state index contributed by atoms with van der Waals surface area (Å²) in [7, 11) is 0. The Labute approximate surface area is 115 Å². The molecule has 19 heavy (non-hydrogen) atoms. The third kappa shape index (κ3) is 7.44. The lowest BCUT2D eigenvalue weighted by Gasteiger charge is -2.13. The highest BCUT2D eigenvalue weighted by Crippen LogP contribution is 2.36. The summed E-state index contributed by atoms with van der Waals surface area (Å²) in [5.41, 5.74) is -3.28. The Morgan fingerprint density at radius 3 is 2.42 bits per heavy atom. The summed E-state index contributed by atoms with van der Waals surface area (Å²) in [5, 5.41) is 3.25. The molecule has 0 aromatic heterocycles. The van der Waals surface area contributed by atoms with Crippen LogP contribution in [0.5, 0.6) is 0 Å². The van der Waals surface area contributed by atoms with Gasteiger partial charge in [-0.15, -0.1) is 0 Å². The second kappa shape index (κ2) is 7.77. The molecule has 0 bridgehead atoms. The number of hydrogen-bond donors (Lipinski definition) is 1. The maximum Gasteiger partial charge on any atom is 0.446 e. The first-order chi connectivity index (χ1) is 8.90. The molecule has 0 saturated carbocycles. The zero-order valence-electron chi connectivity index (χ0n) is 11.0. The molecule has 0 radical (unpaired) electrons. The summed E-state index contributed by atoms with van der Waals surface area (Å²) in [6.07, 6.45) is 0. The van der Waals surface area contributed by atoms with Crippen LogP contribution in [-0.2, 0) is 11.3 Å². The van der Waals surface area contributed by atoms with E-state index < -0.39 is 5.51 Å². The molecule has 0 amide bonds. The lowest BCUT2D eigenvalue weighted by Crippen LogP contribution is -2.30. The molecule has 0 fully saturated rings. The fraction of sp³-hybridized carbons (Fsp3) is 0.538. The first kappa shape index (κ1) is 16.3. The fourth-order valence-electron chi connectivity index (χ4n) is 1.45. The minimum absolute atomic E-state index is 0.0955. The van der Waals surface area contributed by atoms with Crippen molar-refractivity contribution in [3.8, 4) is 0 Å². The van der Waals surface area contributed by atoms with Crippen molar-refractivity contribution in [3.63, 3.8) is 0 Å². The SMILES string of the molecule is CCOCC(C)NCc1ccc(SC(F)(F)F)cc1. The number of thioether (sulfide) groups is 1. The number of alkyl halides is 3. The van der Waals surface area contributed by atoms with Crippen LogP contribution in [0.3, 0.4) is 0 Å². The largest absolute Gasteiger partial charge is 0.446 e. The fourth-order valence-corrected chi connectivity index (χ4v) is 1.99. The predicted molar refractivity (Wildman–Crippen MR) is 71.1 cm³/mol. The Morgan fingerprint density at radius 1 is 1.26 bits per heavy atom. The van der Waals surface area contributed by atoms with Crippen molar-refractivity contribution in [2.75, 3.05) is 13.2 Å². The Morgan fingerprint density at radius 2 is 1.89 bits per heavy atom. The van der Waals surface area contributed by atoms with E-state index in [2.05, 4.69) is 5.32 Å². The summed E-state index contributed by atoms with van der Waals surface area (Å²) in [6.45, 7) is 5.85. The summed E-state index contributed by atoms with van der Waals surface area (Å²) in [6, 6.07) is 6.59. The lowest BCUT2D eigenvalue weighted by atomic mass is 10.2. The minimum atomic E-state index is -4.23. The molecular formula is C13H18F3NOS. The van der Waals surface area contributed by atoms with Crippen molar-refractivity contribution in [3.05, 3.63) is 29.8 Å². The molecule has 0 spiro atoms. The second-order valence-corrected chi connectivity index (χ2v) is 5.27. The van der Waals surface area contributed by atoms with E-state index in [4.69, 9.17) is 4.74 Å². The Bertz CT molecular complexity index is 367. The van der Waals surface area contributed by atoms with Crippen molar-refractivity contribution in [2.45, 2.75) is 36.8 Å². The Balaban J connectivity index is 2.40. The molecule has 1 aromatic rings. The van der Waals surface area contributed by atoms with Gasteiger partial charge in [0.2, 0.25) is 0 Å². The molecule has 108 valence electrons. The normalized spacial score (nSPS) is 13.5. The smallest absolute Gasteiger partial charge is 0.380 e. The molecule has 0 aliphatic carbocycles. The van der Waals surface area contributed by atoms with Crippen molar-refractivity contribution < 1.29 is 17.9 Å². The third-order valence-electron chi connectivity index (χ3n) is 2.38. The van der Waals surface area contributed by atoms with Crippen LogP contribution in [0.1, 0.15) is 19.4 Å². The van der Waals surface area contributed by atoms with Crippen LogP contribution < -0.4 is 5.32 Å². The molecule has 0 saturated heterocycles. The number of benzene rings is 1. The summed E-state index contributed by atoms with van der Waals surface area (Å²) < 4.78 is 41.7. The van der Waals surface area contributed by atoms with Gasteiger partial charge in [0.05, 0.1) is 6.61 Å². The zero-order valence-corrected chi connectivity index (χ0v) is 11.8. The molecule has 1 N–H and O–H groups in total. The third-order valence-corrected chi connectivity index (χ3v) is 3.12. The van der Waals surface area contributed by atoms with E-state index in [1.54, 1.807) is 12.1 Å². The maximum atomic E-state index is 12.2. The zero-order chi connectivity index (χ0) is 14.3. The predicted octanol–water partition coefficient (Wildman–Crippen LogP) is 3.81. The molecule has 2 nitrogen and oxygen atoms in total. The quantitative estimate of drug-likeness (QED) is 0.772. The molecule has 1 atom stereocenters. The van der Waals surface area contributed by atoms with Gasteiger partial charge in [-0.3, -0.25) is 0 Å². The van der Waals surface area contributed by atoms with E-state index in [-0.39, 0.29) is 22.7 Å². The molecular weight excluding hydrogens is 275 g/mol. The first-order valence-corrected chi connectivity index (χ1v) is 6.88. The number of nitrogens with one attached hydrogen (secondary N) is 1. The average Bonchev–Trinajstić information content (AvgIpc) is 2.33. The number of hydrogen-bond acceptors (Lipinski definition) is 3. The van der Waals surface area contributed by atoms with E-state index in [1.165, 1.54) is 12.1 Å². The van der Waals surface area contributed by atoms with Crippen LogP contribution in [0.4, 0.5) is 13.2 Å². The average molecular weight is 293 g/mol. The van der Waals surface area contributed by atoms with Crippen LogP contribution >= 0.6 is 11.8 Å². The molecule has 1 aromatic carbocycles. The highest BCUT2D eigenvalue weighted by molar-refractivity contribution is 8.00. The molecule has 0 aliphatic heterocycles. The molecule has 1 rings (SSSR count). The van der Waals surface area contributed by atoms with Gasteiger partial charge in [-0.1, -0.05) is 12.1 Å². The first-order valence-electron chi connectivity index (χ1n) is 6.06. The van der Waals surface area contributed by atoms with E-state index in [9.17, 15) is 13.2 Å². The van der Waals surface area contributed by atoms with E-state index in [0.29, 0.717) is 19.8 Å². The molecule has 0 heterocycles. The summed E-state index contributed by atoms with van der Waals surface area (Å²) in [4.78, 5) is 0.207. The van der Waals surface area contributed by atoms with Gasteiger partial charge >= 0.3 is 5.51 Å². The number of rotatable bonds is 7. The van der Waals surface area contributed by atoms with Gasteiger partial charge in [-0.05, 0) is 43.3 Å². The number of halogens is 3. The van der Waals surface area contributed by atoms with Gasteiger partial charge < -0.3 is 10.1 Å². The topological polar surface area (TPSA) is 21.3 Å². The summed E-state index contributed by atoms with van der Waals surface area (Å²) >= 11 is -0.0955. The van der Waals surface area contributed by atoms with Crippen molar-refractivity contribution in [1.29, 1.82) is 0 Å². The van der Waals surface area contributed by atoms with Gasteiger partial charge in [-0.25, -0.2) is 0 Å². The van der Waals surface area contributed by atoms with E-state index in [0.717, 1.165) is 5.56 Å². The van der Waals surface area contributed by atoms with Crippen molar-refractivity contribution in [1.82, 2.24) is 5.32 Å². The molecule has 6 heteroatoms. The van der Waals surface area contributed by atoms with Crippen molar-refractivity contribution >= 4 is 11.8 Å². The molecule has 0 aliphatic rings. The van der Waals surface area contributed by atoms with Gasteiger partial charge in [-0.2, -0.15) is 13.2 Å². The second-order valence-electron chi connectivity index (χ2n) is 4.13. The number of ether oxygens (including phenoxy) is 1. The molecule has 1 unspecified atom stereocenters. The van der Waals surface area contributed by atoms with E-state index in [1.807, 2.05) is 13.8 Å².